The lowest BCUT2D eigenvalue weighted by atomic mass is 9.78. The molecule has 7 heteroatoms. The predicted octanol–water partition coefficient (Wildman–Crippen LogP) is 3.92. The molecule has 0 atom stereocenters. The molecule has 0 unspecified atom stereocenters. The molecular weight excluding hydrogens is 376 g/mol. The highest BCUT2D eigenvalue weighted by Gasteiger charge is 2.52. The number of para-hydroxylation sites is 2. The molecule has 1 fully saturated rings. The van der Waals surface area contributed by atoms with E-state index in [4.69, 9.17) is 25.6 Å². The standard InChI is InChI=1S/C21H25BClNO4/c1-20(2)21(3,4)28-22(27-20)15-13-14(11-12-16(15)23)19(25)24(5)17-9-7-8-10-18(17)26-6/h7-13H,1-6H3. The third-order valence-corrected chi connectivity index (χ3v) is 5.85. The number of halogens is 1. The molecule has 1 amide bonds. The van der Waals surface area contributed by atoms with Crippen LogP contribution in [0.5, 0.6) is 5.75 Å². The first-order valence-electron chi connectivity index (χ1n) is 9.13. The van der Waals surface area contributed by atoms with Crippen molar-refractivity contribution in [3.8, 4) is 5.75 Å². The molecule has 2 aromatic rings. The number of hydrogen-bond donors (Lipinski definition) is 0. The second kappa shape index (κ2) is 7.43. The highest BCUT2D eigenvalue weighted by molar-refractivity contribution is 6.65. The Kier molecular flexibility index (Phi) is 5.50. The topological polar surface area (TPSA) is 48.0 Å². The van der Waals surface area contributed by atoms with Crippen LogP contribution in [0.25, 0.3) is 0 Å². The van der Waals surface area contributed by atoms with Crippen molar-refractivity contribution >= 4 is 35.8 Å². The lowest BCUT2D eigenvalue weighted by Gasteiger charge is -2.32. The number of nitrogens with zero attached hydrogens (tertiary/aromatic N) is 1. The van der Waals surface area contributed by atoms with Crippen LogP contribution in [0.15, 0.2) is 42.5 Å². The number of carbonyl (C=O) groups is 1. The first-order valence-corrected chi connectivity index (χ1v) is 9.51. The Labute approximate surface area is 171 Å². The van der Waals surface area contributed by atoms with Gasteiger partial charge in [-0.25, -0.2) is 0 Å². The molecule has 0 aliphatic carbocycles. The van der Waals surface area contributed by atoms with Gasteiger partial charge in [0, 0.05) is 23.1 Å². The molecule has 0 saturated carbocycles. The van der Waals surface area contributed by atoms with Crippen LogP contribution < -0.4 is 15.1 Å². The van der Waals surface area contributed by atoms with Crippen LogP contribution in [-0.2, 0) is 9.31 Å². The first kappa shape index (κ1) is 20.7. The number of anilines is 1. The molecule has 1 aliphatic heterocycles. The maximum Gasteiger partial charge on any atom is 0.496 e. The smallest absolute Gasteiger partial charge is 0.495 e. The number of rotatable bonds is 4. The summed E-state index contributed by atoms with van der Waals surface area (Å²) in [7, 11) is 2.65. The van der Waals surface area contributed by atoms with Crippen molar-refractivity contribution < 1.29 is 18.8 Å². The normalized spacial score (nSPS) is 17.5. The lowest BCUT2D eigenvalue weighted by Crippen LogP contribution is -2.41. The van der Waals surface area contributed by atoms with E-state index in [1.165, 1.54) is 0 Å². The largest absolute Gasteiger partial charge is 0.496 e. The van der Waals surface area contributed by atoms with E-state index in [1.807, 2.05) is 52.0 Å². The van der Waals surface area contributed by atoms with E-state index < -0.39 is 18.3 Å². The molecule has 28 heavy (non-hydrogen) atoms. The molecule has 2 aromatic carbocycles. The molecule has 1 heterocycles. The van der Waals surface area contributed by atoms with Gasteiger partial charge < -0.3 is 18.9 Å². The van der Waals surface area contributed by atoms with Gasteiger partial charge in [0.1, 0.15) is 5.75 Å². The number of amides is 1. The Balaban J connectivity index is 1.92. The van der Waals surface area contributed by atoms with Crippen molar-refractivity contribution in [2.45, 2.75) is 38.9 Å². The molecule has 0 radical (unpaired) electrons. The van der Waals surface area contributed by atoms with Gasteiger partial charge in [-0.1, -0.05) is 23.7 Å². The second-order valence-electron chi connectivity index (χ2n) is 7.86. The van der Waals surface area contributed by atoms with Gasteiger partial charge in [0.25, 0.3) is 5.91 Å². The minimum absolute atomic E-state index is 0.182. The zero-order chi connectivity index (χ0) is 20.7. The van der Waals surface area contributed by atoms with Gasteiger partial charge in [0.05, 0.1) is 24.0 Å². The van der Waals surface area contributed by atoms with E-state index in [1.54, 1.807) is 37.3 Å². The van der Waals surface area contributed by atoms with Gasteiger partial charge in [-0.3, -0.25) is 4.79 Å². The van der Waals surface area contributed by atoms with Crippen molar-refractivity contribution in [3.05, 3.63) is 53.1 Å². The van der Waals surface area contributed by atoms with Crippen LogP contribution in [0.2, 0.25) is 5.02 Å². The molecule has 148 valence electrons. The van der Waals surface area contributed by atoms with E-state index in [0.29, 0.717) is 27.5 Å². The predicted molar refractivity (Wildman–Crippen MR) is 113 cm³/mol. The summed E-state index contributed by atoms with van der Waals surface area (Å²) >= 11 is 6.41. The zero-order valence-corrected chi connectivity index (χ0v) is 17.8. The van der Waals surface area contributed by atoms with Gasteiger partial charge in [0.2, 0.25) is 0 Å². The van der Waals surface area contributed by atoms with Crippen molar-refractivity contribution in [1.29, 1.82) is 0 Å². The summed E-state index contributed by atoms with van der Waals surface area (Å²) in [6.07, 6.45) is 0. The van der Waals surface area contributed by atoms with E-state index >= 15 is 0 Å². The maximum absolute atomic E-state index is 13.1. The summed E-state index contributed by atoms with van der Waals surface area (Å²) < 4.78 is 17.6. The quantitative estimate of drug-likeness (QED) is 0.729. The Morgan fingerprint density at radius 1 is 1.07 bits per heavy atom. The average Bonchev–Trinajstić information content (AvgIpc) is 2.88. The number of ether oxygens (including phenoxy) is 1. The Hall–Kier alpha value is -2.02. The number of hydrogen-bond acceptors (Lipinski definition) is 4. The first-order chi connectivity index (χ1) is 13.1. The van der Waals surface area contributed by atoms with Crippen molar-refractivity contribution in [1.82, 2.24) is 0 Å². The van der Waals surface area contributed by atoms with Gasteiger partial charge in [0.15, 0.2) is 0 Å². The molecule has 3 rings (SSSR count). The van der Waals surface area contributed by atoms with Crippen LogP contribution >= 0.6 is 11.6 Å². The fraction of sp³-hybridized carbons (Fsp3) is 0.381. The highest BCUT2D eigenvalue weighted by Crippen LogP contribution is 2.37. The van der Waals surface area contributed by atoms with Crippen molar-refractivity contribution in [2.75, 3.05) is 19.1 Å². The van der Waals surface area contributed by atoms with E-state index in [-0.39, 0.29) is 5.91 Å². The minimum atomic E-state index is -0.637. The molecule has 5 nitrogen and oxygen atoms in total. The summed E-state index contributed by atoms with van der Waals surface area (Å²) in [4.78, 5) is 14.6. The SMILES string of the molecule is COc1ccccc1N(C)C(=O)c1ccc(Cl)c(B2OC(C)(C)C(C)(C)O2)c1. The van der Waals surface area contributed by atoms with Crippen molar-refractivity contribution in [3.63, 3.8) is 0 Å². The molecular formula is C21H25BClNO4. The Morgan fingerprint density at radius 2 is 1.68 bits per heavy atom. The van der Waals surface area contributed by atoms with Crippen LogP contribution in [0.1, 0.15) is 38.1 Å². The van der Waals surface area contributed by atoms with E-state index in [9.17, 15) is 4.79 Å². The summed E-state index contributed by atoms with van der Waals surface area (Å²) in [6.45, 7) is 7.91. The molecule has 1 saturated heterocycles. The molecule has 0 bridgehead atoms. The van der Waals surface area contributed by atoms with Gasteiger partial charge >= 0.3 is 7.12 Å². The number of methoxy groups -OCH3 is 1. The average molecular weight is 402 g/mol. The fourth-order valence-corrected chi connectivity index (χ4v) is 3.24. The molecule has 0 aromatic heterocycles. The maximum atomic E-state index is 13.1. The zero-order valence-electron chi connectivity index (χ0n) is 17.1. The van der Waals surface area contributed by atoms with Crippen molar-refractivity contribution in [2.24, 2.45) is 0 Å². The third-order valence-electron chi connectivity index (χ3n) is 5.50. The summed E-state index contributed by atoms with van der Waals surface area (Å²) in [6, 6.07) is 12.5. The van der Waals surface area contributed by atoms with Gasteiger partial charge in [-0.15, -0.1) is 0 Å². The third kappa shape index (κ3) is 3.64. The summed E-state index contributed by atoms with van der Waals surface area (Å²) in [5.41, 5.74) is 0.828. The fourth-order valence-electron chi connectivity index (χ4n) is 3.04. The van der Waals surface area contributed by atoms with Gasteiger partial charge in [-0.05, 0) is 58.0 Å². The van der Waals surface area contributed by atoms with E-state index in [2.05, 4.69) is 0 Å². The van der Waals surface area contributed by atoms with Crippen LogP contribution in [0, 0.1) is 0 Å². The van der Waals surface area contributed by atoms with E-state index in [0.717, 1.165) is 0 Å². The summed E-state index contributed by atoms with van der Waals surface area (Å²) in [5.74, 6) is 0.442. The minimum Gasteiger partial charge on any atom is -0.495 e. The van der Waals surface area contributed by atoms with Crippen LogP contribution in [0.4, 0.5) is 5.69 Å². The number of benzene rings is 2. The lowest BCUT2D eigenvalue weighted by molar-refractivity contribution is 0.00578. The summed E-state index contributed by atoms with van der Waals surface area (Å²) in [5, 5.41) is 0.495. The molecule has 1 aliphatic rings. The number of carbonyl (C=O) groups excluding carboxylic acids is 1. The van der Waals surface area contributed by atoms with Crippen LogP contribution in [-0.4, -0.2) is 38.4 Å². The highest BCUT2D eigenvalue weighted by atomic mass is 35.5. The second-order valence-corrected chi connectivity index (χ2v) is 8.27. The van der Waals surface area contributed by atoms with Gasteiger partial charge in [-0.2, -0.15) is 0 Å². The Morgan fingerprint density at radius 3 is 2.29 bits per heavy atom. The monoisotopic (exact) mass is 401 g/mol. The van der Waals surface area contributed by atoms with Crippen LogP contribution in [0.3, 0.4) is 0 Å². The Bertz CT molecular complexity index is 884. The molecule has 0 N–H and O–H groups in total. The molecule has 0 spiro atoms.